The highest BCUT2D eigenvalue weighted by atomic mass is 35.5. The van der Waals surface area contributed by atoms with Gasteiger partial charge in [0.05, 0.1) is 18.2 Å². The molecule has 1 heterocycles. The number of rotatable bonds is 3. The molecule has 1 amide bonds. The van der Waals surface area contributed by atoms with E-state index in [4.69, 9.17) is 20.8 Å². The SMILES string of the molecule is COc1ccc(Cl)cc1NC(=O)c1cc(=O)c2c(C)cc(C)cc2o1. The summed E-state index contributed by atoms with van der Waals surface area (Å²) >= 11 is 5.96. The fraction of sp³-hybridized carbons (Fsp3) is 0.158. The molecule has 3 rings (SSSR count). The second kappa shape index (κ2) is 6.61. The van der Waals surface area contributed by atoms with E-state index in [9.17, 15) is 9.59 Å². The first-order valence-electron chi connectivity index (χ1n) is 7.59. The number of halogens is 1. The highest BCUT2D eigenvalue weighted by Gasteiger charge is 2.16. The highest BCUT2D eigenvalue weighted by molar-refractivity contribution is 6.31. The number of methoxy groups -OCH3 is 1. The van der Waals surface area contributed by atoms with Crippen LogP contribution in [0.3, 0.4) is 0 Å². The Bertz CT molecular complexity index is 1040. The molecule has 0 bridgehead atoms. The quantitative estimate of drug-likeness (QED) is 0.757. The van der Waals surface area contributed by atoms with Crippen molar-refractivity contribution in [2.24, 2.45) is 0 Å². The Hall–Kier alpha value is -2.79. The van der Waals surface area contributed by atoms with Crippen molar-refractivity contribution in [2.45, 2.75) is 13.8 Å². The van der Waals surface area contributed by atoms with E-state index in [1.165, 1.54) is 13.2 Å². The lowest BCUT2D eigenvalue weighted by Crippen LogP contribution is -2.16. The predicted molar refractivity (Wildman–Crippen MR) is 97.9 cm³/mol. The summed E-state index contributed by atoms with van der Waals surface area (Å²) in [5, 5.41) is 3.58. The maximum absolute atomic E-state index is 12.5. The molecular formula is C19H16ClNO4. The van der Waals surface area contributed by atoms with Gasteiger partial charge in [0.15, 0.2) is 11.2 Å². The van der Waals surface area contributed by atoms with Gasteiger partial charge in [-0.05, 0) is 49.2 Å². The number of fused-ring (bicyclic) bond motifs is 1. The van der Waals surface area contributed by atoms with Crippen LogP contribution in [-0.2, 0) is 0 Å². The van der Waals surface area contributed by atoms with Crippen molar-refractivity contribution in [1.29, 1.82) is 0 Å². The number of nitrogens with one attached hydrogen (secondary N) is 1. The average molecular weight is 358 g/mol. The molecule has 0 saturated carbocycles. The maximum Gasteiger partial charge on any atom is 0.291 e. The summed E-state index contributed by atoms with van der Waals surface area (Å²) in [7, 11) is 1.49. The topological polar surface area (TPSA) is 68.5 Å². The first kappa shape index (κ1) is 17.0. The molecule has 2 aromatic carbocycles. The Balaban J connectivity index is 2.04. The van der Waals surface area contributed by atoms with E-state index in [0.29, 0.717) is 27.4 Å². The molecule has 0 aliphatic heterocycles. The number of carbonyl (C=O) groups excluding carboxylic acids is 1. The van der Waals surface area contributed by atoms with E-state index in [-0.39, 0.29) is 11.2 Å². The van der Waals surface area contributed by atoms with Crippen LogP contribution in [-0.4, -0.2) is 13.0 Å². The Morgan fingerprint density at radius 3 is 2.64 bits per heavy atom. The molecule has 1 aromatic heterocycles. The van der Waals surface area contributed by atoms with Gasteiger partial charge in [0.2, 0.25) is 0 Å². The zero-order valence-electron chi connectivity index (χ0n) is 14.0. The summed E-state index contributed by atoms with van der Waals surface area (Å²) < 4.78 is 10.9. The fourth-order valence-electron chi connectivity index (χ4n) is 2.74. The van der Waals surface area contributed by atoms with Crippen LogP contribution >= 0.6 is 11.6 Å². The van der Waals surface area contributed by atoms with Crippen molar-refractivity contribution < 1.29 is 13.9 Å². The summed E-state index contributed by atoms with van der Waals surface area (Å²) in [6, 6.07) is 9.68. The maximum atomic E-state index is 12.5. The largest absolute Gasteiger partial charge is 0.495 e. The second-order valence-corrected chi connectivity index (χ2v) is 6.17. The molecule has 1 N–H and O–H groups in total. The molecule has 128 valence electrons. The molecule has 5 nitrogen and oxygen atoms in total. The Morgan fingerprint density at radius 2 is 1.92 bits per heavy atom. The first-order chi connectivity index (χ1) is 11.9. The molecule has 0 fully saturated rings. The first-order valence-corrected chi connectivity index (χ1v) is 7.97. The summed E-state index contributed by atoms with van der Waals surface area (Å²) in [4.78, 5) is 24.9. The second-order valence-electron chi connectivity index (χ2n) is 5.73. The lowest BCUT2D eigenvalue weighted by Gasteiger charge is -2.11. The lowest BCUT2D eigenvalue weighted by atomic mass is 10.1. The molecule has 3 aromatic rings. The number of aryl methyl sites for hydroxylation is 2. The van der Waals surface area contributed by atoms with Gasteiger partial charge in [-0.25, -0.2) is 0 Å². The molecule has 25 heavy (non-hydrogen) atoms. The minimum absolute atomic E-state index is 0.0791. The van der Waals surface area contributed by atoms with E-state index in [1.807, 2.05) is 19.9 Å². The number of amides is 1. The van der Waals surface area contributed by atoms with Crippen molar-refractivity contribution in [3.63, 3.8) is 0 Å². The molecule has 0 unspecified atom stereocenters. The Labute approximate surface area is 149 Å². The van der Waals surface area contributed by atoms with E-state index in [2.05, 4.69) is 5.32 Å². The van der Waals surface area contributed by atoms with Crippen molar-refractivity contribution >= 4 is 34.2 Å². The van der Waals surface area contributed by atoms with Crippen LogP contribution in [0.4, 0.5) is 5.69 Å². The van der Waals surface area contributed by atoms with Gasteiger partial charge in [0.1, 0.15) is 11.3 Å². The van der Waals surface area contributed by atoms with Crippen LogP contribution in [0.5, 0.6) is 5.75 Å². The van der Waals surface area contributed by atoms with Crippen LogP contribution in [0.1, 0.15) is 21.7 Å². The zero-order chi connectivity index (χ0) is 18.1. The van der Waals surface area contributed by atoms with Gasteiger partial charge >= 0.3 is 0 Å². The van der Waals surface area contributed by atoms with Crippen LogP contribution in [0.25, 0.3) is 11.0 Å². The molecule has 0 aliphatic rings. The molecule has 6 heteroatoms. The van der Waals surface area contributed by atoms with Gasteiger partial charge in [0, 0.05) is 11.1 Å². The minimum Gasteiger partial charge on any atom is -0.495 e. The molecular weight excluding hydrogens is 342 g/mol. The standard InChI is InChI=1S/C19H16ClNO4/c1-10-6-11(2)18-14(22)9-17(25-16(18)7-10)19(23)21-13-8-12(20)4-5-15(13)24-3/h4-9H,1-3H3,(H,21,23). The van der Waals surface area contributed by atoms with Crippen molar-refractivity contribution in [1.82, 2.24) is 0 Å². The fourth-order valence-corrected chi connectivity index (χ4v) is 2.91. The number of ether oxygens (including phenoxy) is 1. The van der Waals surface area contributed by atoms with Gasteiger partial charge in [-0.2, -0.15) is 0 Å². The number of hydrogen-bond donors (Lipinski definition) is 1. The molecule has 0 saturated heterocycles. The highest BCUT2D eigenvalue weighted by Crippen LogP contribution is 2.28. The number of carbonyl (C=O) groups is 1. The number of anilines is 1. The van der Waals surface area contributed by atoms with Crippen LogP contribution in [0.15, 0.2) is 45.6 Å². The van der Waals surface area contributed by atoms with Gasteiger partial charge < -0.3 is 14.5 Å². The Kier molecular flexibility index (Phi) is 4.51. The zero-order valence-corrected chi connectivity index (χ0v) is 14.7. The molecule has 0 spiro atoms. The van der Waals surface area contributed by atoms with Crippen LogP contribution in [0, 0.1) is 13.8 Å². The van der Waals surface area contributed by atoms with E-state index in [0.717, 1.165) is 11.1 Å². The summed E-state index contributed by atoms with van der Waals surface area (Å²) in [5.41, 5.74) is 2.27. The summed E-state index contributed by atoms with van der Waals surface area (Å²) in [6.07, 6.45) is 0. The molecule has 0 radical (unpaired) electrons. The van der Waals surface area contributed by atoms with Crippen molar-refractivity contribution in [3.8, 4) is 5.75 Å². The summed E-state index contributed by atoms with van der Waals surface area (Å²) in [6.45, 7) is 3.73. The monoisotopic (exact) mass is 357 g/mol. The number of benzene rings is 2. The van der Waals surface area contributed by atoms with Crippen molar-refractivity contribution in [3.05, 3.63) is 68.5 Å². The van der Waals surface area contributed by atoms with Crippen LogP contribution < -0.4 is 15.5 Å². The van der Waals surface area contributed by atoms with E-state index in [1.54, 1.807) is 24.3 Å². The third kappa shape index (κ3) is 3.37. The lowest BCUT2D eigenvalue weighted by molar-refractivity contribution is 0.0997. The molecule has 0 atom stereocenters. The van der Waals surface area contributed by atoms with Gasteiger partial charge in [-0.1, -0.05) is 17.7 Å². The normalized spacial score (nSPS) is 10.7. The smallest absolute Gasteiger partial charge is 0.291 e. The van der Waals surface area contributed by atoms with E-state index >= 15 is 0 Å². The molecule has 0 aliphatic carbocycles. The van der Waals surface area contributed by atoms with Gasteiger partial charge in [-0.3, -0.25) is 9.59 Å². The minimum atomic E-state index is -0.557. The average Bonchev–Trinajstić information content (AvgIpc) is 2.53. The van der Waals surface area contributed by atoms with Gasteiger partial charge in [0.25, 0.3) is 5.91 Å². The third-order valence-electron chi connectivity index (χ3n) is 3.81. The van der Waals surface area contributed by atoms with Crippen LogP contribution in [0.2, 0.25) is 5.02 Å². The Morgan fingerprint density at radius 1 is 1.16 bits per heavy atom. The van der Waals surface area contributed by atoms with Crippen molar-refractivity contribution in [2.75, 3.05) is 12.4 Å². The summed E-state index contributed by atoms with van der Waals surface area (Å²) in [5.74, 6) is -0.184. The number of hydrogen-bond acceptors (Lipinski definition) is 4. The van der Waals surface area contributed by atoms with E-state index < -0.39 is 5.91 Å². The predicted octanol–water partition coefficient (Wildman–Crippen LogP) is 4.32. The van der Waals surface area contributed by atoms with Gasteiger partial charge in [-0.15, -0.1) is 0 Å². The third-order valence-corrected chi connectivity index (χ3v) is 4.04.